The average molecular weight is 448 g/mol. The van der Waals surface area contributed by atoms with E-state index >= 15 is 0 Å². The Balaban J connectivity index is 1.84. The normalized spacial score (nSPS) is 36.2. The molecule has 4 rings (SSSR count). The molecule has 6 nitrogen and oxygen atoms in total. The second-order valence-corrected chi connectivity index (χ2v) is 13.1. The van der Waals surface area contributed by atoms with Gasteiger partial charge in [0.15, 0.2) is 0 Å². The summed E-state index contributed by atoms with van der Waals surface area (Å²) in [6, 6.07) is 4.04. The molecule has 1 aromatic carbocycles. The van der Waals surface area contributed by atoms with Crippen LogP contribution in [0.15, 0.2) is 12.1 Å². The van der Waals surface area contributed by atoms with Gasteiger partial charge in [0.25, 0.3) is 0 Å². The fourth-order valence-corrected chi connectivity index (χ4v) is 8.22. The quantitative estimate of drug-likeness (QED) is 0.651. The highest BCUT2D eigenvalue weighted by molar-refractivity contribution is 7.92. The second-order valence-electron chi connectivity index (χ2n) is 11.4. The van der Waals surface area contributed by atoms with Gasteiger partial charge in [0.05, 0.1) is 11.9 Å². The zero-order valence-corrected chi connectivity index (χ0v) is 20.4. The molecule has 0 saturated heterocycles. The monoisotopic (exact) mass is 447 g/mol. The van der Waals surface area contributed by atoms with Crippen LogP contribution in [-0.2, 0) is 26.7 Å². The van der Waals surface area contributed by atoms with Gasteiger partial charge in [-0.25, -0.2) is 8.42 Å². The highest BCUT2D eigenvalue weighted by atomic mass is 32.2. The number of carbonyl (C=O) groups is 1. The van der Waals surface area contributed by atoms with Crippen molar-refractivity contribution in [2.45, 2.75) is 78.2 Å². The Morgan fingerprint density at radius 1 is 1.10 bits per heavy atom. The van der Waals surface area contributed by atoms with Gasteiger partial charge in [-0.1, -0.05) is 27.7 Å². The minimum atomic E-state index is -3.45. The Bertz CT molecular complexity index is 1030. The van der Waals surface area contributed by atoms with E-state index in [0.717, 1.165) is 43.2 Å². The molecule has 172 valence electrons. The number of amides is 1. The van der Waals surface area contributed by atoms with Crippen LogP contribution in [0, 0.1) is 22.7 Å². The zero-order chi connectivity index (χ0) is 23.0. The van der Waals surface area contributed by atoms with E-state index in [2.05, 4.69) is 37.7 Å². The lowest BCUT2D eigenvalue weighted by Gasteiger charge is -2.62. The van der Waals surface area contributed by atoms with Crippen LogP contribution in [0.2, 0.25) is 0 Å². The van der Waals surface area contributed by atoms with E-state index < -0.39 is 10.0 Å². The second kappa shape index (κ2) is 6.95. The summed E-state index contributed by atoms with van der Waals surface area (Å²) in [6.07, 6.45) is 6.31. The van der Waals surface area contributed by atoms with Gasteiger partial charge < -0.3 is 11.1 Å². The number of nitrogens with one attached hydrogen (secondary N) is 2. The molecule has 5 atom stereocenters. The highest BCUT2D eigenvalue weighted by Gasteiger charge is 2.62. The highest BCUT2D eigenvalue weighted by Crippen LogP contribution is 2.68. The molecule has 0 spiro atoms. The van der Waals surface area contributed by atoms with Crippen molar-refractivity contribution in [1.29, 1.82) is 0 Å². The van der Waals surface area contributed by atoms with E-state index in [1.807, 2.05) is 6.07 Å². The maximum Gasteiger partial charge on any atom is 0.229 e. The number of anilines is 2. The third-order valence-electron chi connectivity index (χ3n) is 8.99. The van der Waals surface area contributed by atoms with Gasteiger partial charge >= 0.3 is 0 Å². The van der Waals surface area contributed by atoms with E-state index in [0.29, 0.717) is 23.2 Å². The van der Waals surface area contributed by atoms with E-state index in [-0.39, 0.29) is 28.2 Å². The van der Waals surface area contributed by atoms with Crippen molar-refractivity contribution in [3.8, 4) is 0 Å². The van der Waals surface area contributed by atoms with Crippen LogP contribution in [0.5, 0.6) is 0 Å². The van der Waals surface area contributed by atoms with E-state index in [9.17, 15) is 13.2 Å². The summed E-state index contributed by atoms with van der Waals surface area (Å²) in [5, 5.41) is 2.85. The first-order valence-corrected chi connectivity index (χ1v) is 13.3. The topological polar surface area (TPSA) is 101 Å². The lowest BCUT2D eigenvalue weighted by Crippen LogP contribution is -2.60. The number of benzene rings is 1. The largest absolute Gasteiger partial charge is 0.327 e. The molecule has 1 aromatic rings. The van der Waals surface area contributed by atoms with Crippen LogP contribution in [-0.4, -0.2) is 26.6 Å². The molecular weight excluding hydrogens is 410 g/mol. The van der Waals surface area contributed by atoms with Crippen LogP contribution in [0.4, 0.5) is 11.4 Å². The summed E-state index contributed by atoms with van der Waals surface area (Å²) in [5.74, 6) is 0.785. The number of nitrogens with two attached hydrogens (primary N) is 1. The van der Waals surface area contributed by atoms with Gasteiger partial charge in [-0.05, 0) is 83.4 Å². The maximum absolute atomic E-state index is 12.2. The first kappa shape index (κ1) is 22.6. The molecular formula is C24H37N3O3S. The molecule has 3 aliphatic carbocycles. The average Bonchev–Trinajstić information content (AvgIpc) is 2.91. The summed E-state index contributed by atoms with van der Waals surface area (Å²) in [6.45, 7) is 10.9. The number of rotatable bonds is 3. The van der Waals surface area contributed by atoms with Crippen molar-refractivity contribution >= 4 is 27.3 Å². The predicted octanol–water partition coefficient (Wildman–Crippen LogP) is 4.01. The third kappa shape index (κ3) is 3.48. The van der Waals surface area contributed by atoms with Gasteiger partial charge in [0.2, 0.25) is 15.9 Å². The van der Waals surface area contributed by atoms with Gasteiger partial charge in [-0.15, -0.1) is 0 Å². The summed E-state index contributed by atoms with van der Waals surface area (Å²) in [7, 11) is -3.45. The smallest absolute Gasteiger partial charge is 0.229 e. The first-order chi connectivity index (χ1) is 14.2. The zero-order valence-electron chi connectivity index (χ0n) is 19.6. The number of sulfonamides is 1. The Hall–Kier alpha value is -1.60. The predicted molar refractivity (Wildman–Crippen MR) is 126 cm³/mol. The molecule has 2 fully saturated rings. The lowest BCUT2D eigenvalue weighted by atomic mass is 9.43. The van der Waals surface area contributed by atoms with Crippen molar-refractivity contribution in [2.75, 3.05) is 16.3 Å². The van der Waals surface area contributed by atoms with Crippen molar-refractivity contribution in [3.63, 3.8) is 0 Å². The number of hydrogen-bond donors (Lipinski definition) is 3. The minimum Gasteiger partial charge on any atom is -0.327 e. The molecule has 0 heterocycles. The lowest BCUT2D eigenvalue weighted by molar-refractivity contribution is -0.114. The van der Waals surface area contributed by atoms with Gasteiger partial charge in [-0.2, -0.15) is 0 Å². The van der Waals surface area contributed by atoms with Gasteiger partial charge in [-0.3, -0.25) is 9.52 Å². The van der Waals surface area contributed by atoms with E-state index in [1.165, 1.54) is 13.2 Å². The number of carbonyl (C=O) groups excluding carboxylic acids is 1. The van der Waals surface area contributed by atoms with Crippen LogP contribution in [0.1, 0.15) is 71.4 Å². The number of hydrogen-bond acceptors (Lipinski definition) is 4. The Kier molecular flexibility index (Phi) is 5.06. The molecule has 0 bridgehead atoms. The fraction of sp³-hybridized carbons (Fsp3) is 0.708. The molecule has 3 aliphatic rings. The first-order valence-electron chi connectivity index (χ1n) is 11.4. The van der Waals surface area contributed by atoms with Crippen LogP contribution in [0.25, 0.3) is 0 Å². The molecule has 7 heteroatoms. The molecule has 1 amide bonds. The van der Waals surface area contributed by atoms with E-state index in [4.69, 9.17) is 5.73 Å². The summed E-state index contributed by atoms with van der Waals surface area (Å²) in [4.78, 5) is 11.7. The Morgan fingerprint density at radius 2 is 1.77 bits per heavy atom. The fourth-order valence-electron chi connectivity index (χ4n) is 7.66. The third-order valence-corrected chi connectivity index (χ3v) is 9.58. The molecule has 5 unspecified atom stereocenters. The van der Waals surface area contributed by atoms with Crippen LogP contribution in [0.3, 0.4) is 0 Å². The summed E-state index contributed by atoms with van der Waals surface area (Å²) in [5.41, 5.74) is 10.2. The van der Waals surface area contributed by atoms with Crippen molar-refractivity contribution in [1.82, 2.24) is 0 Å². The van der Waals surface area contributed by atoms with E-state index in [1.54, 1.807) is 6.07 Å². The Labute approximate surface area is 186 Å². The minimum absolute atomic E-state index is 0.0816. The van der Waals surface area contributed by atoms with Crippen LogP contribution >= 0.6 is 0 Å². The molecule has 0 aromatic heterocycles. The number of fused-ring (bicyclic) bond motifs is 5. The standard InChI is InChI=1S/C24H37N3O3S/c1-14(28)26-16-11-15-12-19-23(4)10-8-20(25)22(2,3)18(23)7-9-24(19,5)21(15)17(13-16)27-31(6,29)30/h11,13,18-20,27H,7-10,12,25H2,1-6H3,(H,26,28). The van der Waals surface area contributed by atoms with Crippen molar-refractivity contribution < 1.29 is 13.2 Å². The molecule has 0 radical (unpaired) electrons. The summed E-state index contributed by atoms with van der Waals surface area (Å²) < 4.78 is 27.2. The van der Waals surface area contributed by atoms with Crippen molar-refractivity contribution in [2.24, 2.45) is 28.4 Å². The Morgan fingerprint density at radius 3 is 2.39 bits per heavy atom. The SMILES string of the molecule is CC(=O)Nc1cc2c(c(NS(C)(=O)=O)c1)C1(C)CCC3C(C)(C)C(N)CCC3(C)C1C2. The van der Waals surface area contributed by atoms with Crippen molar-refractivity contribution in [3.05, 3.63) is 23.3 Å². The van der Waals surface area contributed by atoms with Gasteiger partial charge in [0.1, 0.15) is 0 Å². The van der Waals surface area contributed by atoms with Gasteiger partial charge in [0, 0.05) is 18.7 Å². The molecule has 31 heavy (non-hydrogen) atoms. The summed E-state index contributed by atoms with van der Waals surface area (Å²) >= 11 is 0. The molecule has 4 N–H and O–H groups in total. The molecule has 2 saturated carbocycles. The van der Waals surface area contributed by atoms with Crippen LogP contribution < -0.4 is 15.8 Å². The maximum atomic E-state index is 12.2. The molecule has 0 aliphatic heterocycles.